The number of carbonyl (C=O) groups excluding carboxylic acids is 1. The SMILES string of the molecule is CCOC(CC(=O)OCC(ON(C(C)(C)C)C(C)(C)C)c1ccccc1)(OCC)OCC. The highest BCUT2D eigenvalue weighted by molar-refractivity contribution is 5.70. The predicted octanol–water partition coefficient (Wildman–Crippen LogP) is 5.25. The van der Waals surface area contributed by atoms with Crippen molar-refractivity contribution in [2.24, 2.45) is 0 Å². The molecule has 1 rings (SSSR count). The highest BCUT2D eigenvalue weighted by atomic mass is 16.9. The fourth-order valence-corrected chi connectivity index (χ4v) is 3.64. The molecule has 1 atom stereocenters. The average molecular weight is 454 g/mol. The number of hydroxylamine groups is 2. The van der Waals surface area contributed by atoms with Gasteiger partial charge in [-0.05, 0) is 67.9 Å². The Morgan fingerprint density at radius 1 is 0.844 bits per heavy atom. The van der Waals surface area contributed by atoms with Crippen LogP contribution in [-0.4, -0.2) is 54.5 Å². The first-order valence-corrected chi connectivity index (χ1v) is 11.5. The van der Waals surface area contributed by atoms with Crippen molar-refractivity contribution in [3.8, 4) is 0 Å². The molecule has 0 saturated carbocycles. The summed E-state index contributed by atoms with van der Waals surface area (Å²) in [5.41, 5.74) is 0.400. The van der Waals surface area contributed by atoms with Gasteiger partial charge in [0.05, 0.1) is 0 Å². The second kappa shape index (κ2) is 12.7. The van der Waals surface area contributed by atoms with Crippen LogP contribution in [0.4, 0.5) is 0 Å². The van der Waals surface area contributed by atoms with Crippen molar-refractivity contribution >= 4 is 5.97 Å². The van der Waals surface area contributed by atoms with E-state index in [1.807, 2.05) is 56.2 Å². The van der Waals surface area contributed by atoms with E-state index in [1.165, 1.54) is 0 Å². The zero-order valence-electron chi connectivity index (χ0n) is 21.4. The minimum atomic E-state index is -1.44. The molecule has 0 saturated heterocycles. The van der Waals surface area contributed by atoms with Crippen molar-refractivity contribution in [2.45, 2.75) is 91.9 Å². The average Bonchev–Trinajstić information content (AvgIpc) is 2.67. The molecular weight excluding hydrogens is 410 g/mol. The molecule has 0 bridgehead atoms. The first kappa shape index (κ1) is 28.5. The van der Waals surface area contributed by atoms with E-state index in [2.05, 4.69) is 41.5 Å². The summed E-state index contributed by atoms with van der Waals surface area (Å²) < 4.78 is 22.6. The molecule has 0 spiro atoms. The van der Waals surface area contributed by atoms with Crippen LogP contribution in [0.1, 0.15) is 80.4 Å². The quantitative estimate of drug-likeness (QED) is 0.229. The van der Waals surface area contributed by atoms with Crippen molar-refractivity contribution in [2.75, 3.05) is 26.4 Å². The van der Waals surface area contributed by atoms with E-state index in [4.69, 9.17) is 23.8 Å². The van der Waals surface area contributed by atoms with E-state index in [0.29, 0.717) is 19.8 Å². The normalized spacial score (nSPS) is 13.9. The predicted molar refractivity (Wildman–Crippen MR) is 125 cm³/mol. The summed E-state index contributed by atoms with van der Waals surface area (Å²) in [6, 6.07) is 9.75. The summed E-state index contributed by atoms with van der Waals surface area (Å²) in [5, 5.41) is 1.95. The molecule has 0 amide bonds. The lowest BCUT2D eigenvalue weighted by Crippen LogP contribution is -2.53. The Bertz CT molecular complexity index is 634. The van der Waals surface area contributed by atoms with Crippen molar-refractivity contribution in [1.29, 1.82) is 0 Å². The van der Waals surface area contributed by atoms with Crippen LogP contribution in [0, 0.1) is 0 Å². The Kier molecular flexibility index (Phi) is 11.3. The lowest BCUT2D eigenvalue weighted by Gasteiger charge is -2.45. The minimum Gasteiger partial charge on any atom is -0.462 e. The highest BCUT2D eigenvalue weighted by Gasteiger charge is 2.38. The van der Waals surface area contributed by atoms with Crippen LogP contribution in [0.5, 0.6) is 0 Å². The summed E-state index contributed by atoms with van der Waals surface area (Å²) in [5.74, 6) is -1.93. The largest absolute Gasteiger partial charge is 0.462 e. The lowest BCUT2D eigenvalue weighted by atomic mass is 10.00. The molecule has 32 heavy (non-hydrogen) atoms. The maximum Gasteiger partial charge on any atom is 0.314 e. The molecule has 0 fully saturated rings. The van der Waals surface area contributed by atoms with Gasteiger partial charge >= 0.3 is 5.97 Å². The Hall–Kier alpha value is -1.51. The first-order valence-electron chi connectivity index (χ1n) is 11.5. The molecule has 0 heterocycles. The van der Waals surface area contributed by atoms with E-state index in [0.717, 1.165) is 5.56 Å². The number of benzene rings is 1. The van der Waals surface area contributed by atoms with Crippen LogP contribution in [0.25, 0.3) is 0 Å². The Balaban J connectivity index is 3.03. The zero-order chi connectivity index (χ0) is 24.4. The molecule has 1 aromatic carbocycles. The van der Waals surface area contributed by atoms with Crippen LogP contribution < -0.4 is 0 Å². The van der Waals surface area contributed by atoms with Crippen LogP contribution in [0.15, 0.2) is 30.3 Å². The van der Waals surface area contributed by atoms with Gasteiger partial charge in [0.1, 0.15) is 19.1 Å². The molecule has 1 unspecified atom stereocenters. The van der Waals surface area contributed by atoms with E-state index in [9.17, 15) is 4.79 Å². The van der Waals surface area contributed by atoms with Gasteiger partial charge in [-0.25, -0.2) is 0 Å². The molecule has 0 radical (unpaired) electrons. The first-order chi connectivity index (χ1) is 14.9. The number of hydrogen-bond acceptors (Lipinski definition) is 7. The van der Waals surface area contributed by atoms with Crippen molar-refractivity contribution in [1.82, 2.24) is 5.06 Å². The van der Waals surface area contributed by atoms with Gasteiger partial charge in [-0.15, -0.1) is 0 Å². The summed E-state index contributed by atoms with van der Waals surface area (Å²) in [6.45, 7) is 19.1. The molecule has 0 aromatic heterocycles. The monoisotopic (exact) mass is 453 g/mol. The minimum absolute atomic E-state index is 0.0476. The van der Waals surface area contributed by atoms with Gasteiger partial charge in [-0.3, -0.25) is 9.63 Å². The number of ether oxygens (including phenoxy) is 4. The number of nitrogens with zero attached hydrogens (tertiary/aromatic N) is 1. The van der Waals surface area contributed by atoms with E-state index >= 15 is 0 Å². The number of carbonyl (C=O) groups is 1. The maximum atomic E-state index is 12.8. The molecule has 0 aliphatic carbocycles. The second-order valence-corrected chi connectivity index (χ2v) is 9.48. The van der Waals surface area contributed by atoms with Gasteiger partial charge in [0.25, 0.3) is 5.97 Å². The van der Waals surface area contributed by atoms with Crippen LogP contribution in [0.2, 0.25) is 0 Å². The zero-order valence-corrected chi connectivity index (χ0v) is 21.4. The molecule has 0 N–H and O–H groups in total. The highest BCUT2D eigenvalue weighted by Crippen LogP contribution is 2.31. The molecule has 0 aliphatic rings. The molecular formula is C25H43NO6. The van der Waals surface area contributed by atoms with Gasteiger partial charge in [0, 0.05) is 30.9 Å². The van der Waals surface area contributed by atoms with Crippen LogP contribution in [-0.2, 0) is 28.6 Å². The number of hydrogen-bond donors (Lipinski definition) is 0. The molecule has 1 aromatic rings. The summed E-state index contributed by atoms with van der Waals surface area (Å²) in [4.78, 5) is 19.2. The smallest absolute Gasteiger partial charge is 0.314 e. The second-order valence-electron chi connectivity index (χ2n) is 9.48. The summed E-state index contributed by atoms with van der Waals surface area (Å²) in [6.07, 6.45) is -0.647. The molecule has 184 valence electrons. The van der Waals surface area contributed by atoms with Gasteiger partial charge < -0.3 is 18.9 Å². The van der Waals surface area contributed by atoms with Crippen molar-refractivity contribution < 1.29 is 28.6 Å². The lowest BCUT2D eigenvalue weighted by molar-refractivity contribution is -0.376. The van der Waals surface area contributed by atoms with Gasteiger partial charge in [0.2, 0.25) is 0 Å². The molecule has 7 heteroatoms. The molecule has 0 aliphatic heterocycles. The third kappa shape index (κ3) is 9.16. The standard InChI is InChI=1S/C25H43NO6/c1-10-29-25(30-11-2,31-12-3)18-22(27)28-19-21(20-16-14-13-15-17-20)32-26(23(4,5)6)24(7,8)9/h13-17,21H,10-12,18-19H2,1-9H3. The Morgan fingerprint density at radius 3 is 1.72 bits per heavy atom. The topological polar surface area (TPSA) is 66.5 Å². The summed E-state index contributed by atoms with van der Waals surface area (Å²) in [7, 11) is 0. The van der Waals surface area contributed by atoms with Gasteiger partial charge in [0.15, 0.2) is 0 Å². The van der Waals surface area contributed by atoms with E-state index in [1.54, 1.807) is 0 Å². The van der Waals surface area contributed by atoms with E-state index < -0.39 is 18.0 Å². The third-order valence-electron chi connectivity index (χ3n) is 4.47. The third-order valence-corrected chi connectivity index (χ3v) is 4.47. The van der Waals surface area contributed by atoms with Crippen LogP contribution >= 0.6 is 0 Å². The summed E-state index contributed by atoms with van der Waals surface area (Å²) >= 11 is 0. The molecule has 7 nitrogen and oxygen atoms in total. The van der Waals surface area contributed by atoms with Gasteiger partial charge in [-0.2, -0.15) is 5.06 Å². The fourth-order valence-electron chi connectivity index (χ4n) is 3.64. The van der Waals surface area contributed by atoms with Crippen molar-refractivity contribution in [3.63, 3.8) is 0 Å². The fraction of sp³-hybridized carbons (Fsp3) is 0.720. The Labute approximate surface area is 194 Å². The van der Waals surface area contributed by atoms with E-state index in [-0.39, 0.29) is 24.1 Å². The maximum absolute atomic E-state index is 12.8. The van der Waals surface area contributed by atoms with Gasteiger partial charge in [-0.1, -0.05) is 30.3 Å². The number of rotatable bonds is 13. The van der Waals surface area contributed by atoms with Crippen molar-refractivity contribution in [3.05, 3.63) is 35.9 Å². The Morgan fingerprint density at radius 2 is 1.31 bits per heavy atom. The number of esters is 1. The van der Waals surface area contributed by atoms with Crippen LogP contribution in [0.3, 0.4) is 0 Å².